The molecule has 0 unspecified atom stereocenters. The fraction of sp³-hybridized carbons (Fsp3) is 0.478. The zero-order chi connectivity index (χ0) is 22.2. The van der Waals surface area contributed by atoms with Crippen molar-refractivity contribution >= 4 is 11.8 Å². The summed E-state index contributed by atoms with van der Waals surface area (Å²) < 4.78 is 1.23. The smallest absolute Gasteiger partial charge is 0.267 e. The number of likely N-dealkylation sites (N-methyl/N-ethyl adjacent to an activating group) is 1. The summed E-state index contributed by atoms with van der Waals surface area (Å²) in [6, 6.07) is 12.7. The van der Waals surface area contributed by atoms with Gasteiger partial charge >= 0.3 is 0 Å². The van der Waals surface area contributed by atoms with Gasteiger partial charge in [-0.2, -0.15) is 5.10 Å². The van der Waals surface area contributed by atoms with Gasteiger partial charge in [0.25, 0.3) is 5.56 Å². The maximum Gasteiger partial charge on any atom is 0.267 e. The SMILES string of the molecule is CCN(CC)C(=O)CN1CCCN(C(=O)Cn2nc(-c3ccccc3)ccc2=O)CC1. The van der Waals surface area contributed by atoms with Crippen LogP contribution in [0.1, 0.15) is 20.3 Å². The molecule has 1 aliphatic heterocycles. The molecule has 1 saturated heterocycles. The molecular formula is C23H31N5O3. The molecule has 1 fully saturated rings. The molecule has 0 aliphatic carbocycles. The number of carbonyl (C=O) groups excluding carboxylic acids is 2. The highest BCUT2D eigenvalue weighted by Crippen LogP contribution is 2.14. The lowest BCUT2D eigenvalue weighted by atomic mass is 10.1. The number of rotatable bonds is 7. The summed E-state index contributed by atoms with van der Waals surface area (Å²) >= 11 is 0. The number of amides is 2. The van der Waals surface area contributed by atoms with Crippen LogP contribution < -0.4 is 5.56 Å². The van der Waals surface area contributed by atoms with Crippen LogP contribution in [-0.4, -0.2) is 82.1 Å². The van der Waals surface area contributed by atoms with Crippen LogP contribution in [0, 0.1) is 0 Å². The molecule has 2 amide bonds. The van der Waals surface area contributed by atoms with E-state index >= 15 is 0 Å². The summed E-state index contributed by atoms with van der Waals surface area (Å²) in [6.45, 7) is 8.24. The van der Waals surface area contributed by atoms with Gasteiger partial charge in [-0.05, 0) is 26.3 Å². The Hall–Kier alpha value is -3.00. The lowest BCUT2D eigenvalue weighted by Gasteiger charge is -2.25. The molecule has 1 aromatic carbocycles. The third-order valence-corrected chi connectivity index (χ3v) is 5.64. The minimum absolute atomic E-state index is 0.0854. The maximum atomic E-state index is 12.9. The Bertz CT molecular complexity index is 940. The van der Waals surface area contributed by atoms with Crippen LogP contribution in [0.25, 0.3) is 11.3 Å². The summed E-state index contributed by atoms with van der Waals surface area (Å²) in [5.41, 5.74) is 1.26. The average Bonchev–Trinajstić information content (AvgIpc) is 3.02. The molecule has 0 atom stereocenters. The third kappa shape index (κ3) is 6.01. The molecule has 2 heterocycles. The van der Waals surface area contributed by atoms with Crippen LogP contribution in [0.3, 0.4) is 0 Å². The van der Waals surface area contributed by atoms with Crippen molar-refractivity contribution in [3.05, 3.63) is 52.8 Å². The van der Waals surface area contributed by atoms with Crippen LogP contribution in [-0.2, 0) is 16.1 Å². The van der Waals surface area contributed by atoms with Crippen LogP contribution in [0.4, 0.5) is 0 Å². The highest BCUT2D eigenvalue weighted by molar-refractivity contribution is 5.78. The number of nitrogens with zero attached hydrogens (tertiary/aromatic N) is 5. The quantitative estimate of drug-likeness (QED) is 0.668. The number of benzene rings is 1. The highest BCUT2D eigenvalue weighted by Gasteiger charge is 2.22. The Morgan fingerprint density at radius 2 is 1.68 bits per heavy atom. The number of carbonyl (C=O) groups is 2. The highest BCUT2D eigenvalue weighted by atomic mass is 16.2. The molecule has 0 bridgehead atoms. The van der Waals surface area contributed by atoms with Crippen molar-refractivity contribution in [3.8, 4) is 11.3 Å². The molecule has 0 radical (unpaired) electrons. The minimum atomic E-state index is -0.297. The van der Waals surface area contributed by atoms with Gasteiger partial charge in [0.2, 0.25) is 11.8 Å². The van der Waals surface area contributed by atoms with Crippen molar-refractivity contribution in [3.63, 3.8) is 0 Å². The second kappa shape index (κ2) is 10.9. The molecule has 31 heavy (non-hydrogen) atoms. The predicted octanol–water partition coefficient (Wildman–Crippen LogP) is 1.31. The lowest BCUT2D eigenvalue weighted by Crippen LogP contribution is -2.42. The Morgan fingerprint density at radius 3 is 2.39 bits per heavy atom. The van der Waals surface area contributed by atoms with E-state index in [0.29, 0.717) is 45.0 Å². The summed E-state index contributed by atoms with van der Waals surface area (Å²) in [6.07, 6.45) is 0.795. The molecule has 2 aromatic rings. The Morgan fingerprint density at radius 1 is 0.935 bits per heavy atom. The first kappa shape index (κ1) is 22.7. The maximum absolute atomic E-state index is 12.9. The van der Waals surface area contributed by atoms with Gasteiger partial charge < -0.3 is 9.80 Å². The van der Waals surface area contributed by atoms with Gasteiger partial charge in [0.1, 0.15) is 6.54 Å². The van der Waals surface area contributed by atoms with E-state index in [1.54, 1.807) is 11.0 Å². The van der Waals surface area contributed by atoms with Crippen molar-refractivity contribution in [1.29, 1.82) is 0 Å². The molecule has 1 aromatic heterocycles. The van der Waals surface area contributed by atoms with Crippen LogP contribution in [0.15, 0.2) is 47.3 Å². The van der Waals surface area contributed by atoms with Gasteiger partial charge in [-0.25, -0.2) is 4.68 Å². The summed E-state index contributed by atoms with van der Waals surface area (Å²) in [5.74, 6) is -0.00464. The van der Waals surface area contributed by atoms with Crippen molar-refractivity contribution in [2.24, 2.45) is 0 Å². The monoisotopic (exact) mass is 425 g/mol. The largest absolute Gasteiger partial charge is 0.342 e. The lowest BCUT2D eigenvalue weighted by molar-refractivity contribution is -0.132. The molecule has 0 saturated carbocycles. The second-order valence-electron chi connectivity index (χ2n) is 7.66. The molecule has 0 spiro atoms. The molecule has 1 aliphatic rings. The number of hydrogen-bond acceptors (Lipinski definition) is 5. The number of aromatic nitrogens is 2. The fourth-order valence-corrected chi connectivity index (χ4v) is 3.80. The first-order valence-electron chi connectivity index (χ1n) is 10.9. The first-order chi connectivity index (χ1) is 15.0. The van der Waals surface area contributed by atoms with E-state index in [-0.39, 0.29) is 23.9 Å². The summed E-state index contributed by atoms with van der Waals surface area (Å²) in [7, 11) is 0. The van der Waals surface area contributed by atoms with Gasteiger partial charge in [-0.3, -0.25) is 19.3 Å². The minimum Gasteiger partial charge on any atom is -0.342 e. The molecule has 3 rings (SSSR count). The van der Waals surface area contributed by atoms with Crippen LogP contribution >= 0.6 is 0 Å². The van der Waals surface area contributed by atoms with E-state index in [9.17, 15) is 14.4 Å². The molecular weight excluding hydrogens is 394 g/mol. The van der Waals surface area contributed by atoms with Gasteiger partial charge in [0.15, 0.2) is 0 Å². The molecule has 8 nitrogen and oxygen atoms in total. The van der Waals surface area contributed by atoms with Crippen molar-refractivity contribution in [2.75, 3.05) is 45.8 Å². The summed E-state index contributed by atoms with van der Waals surface area (Å²) in [4.78, 5) is 43.2. The van der Waals surface area contributed by atoms with E-state index in [4.69, 9.17) is 0 Å². The predicted molar refractivity (Wildman–Crippen MR) is 119 cm³/mol. The molecule has 8 heteroatoms. The second-order valence-corrected chi connectivity index (χ2v) is 7.66. The Balaban J connectivity index is 1.61. The van der Waals surface area contributed by atoms with Crippen molar-refractivity contribution < 1.29 is 9.59 Å². The standard InChI is InChI=1S/C23H31N5O3/c1-3-26(4-2)22(30)17-25-13-8-14-27(16-15-25)23(31)18-28-21(29)12-11-20(24-28)19-9-6-5-7-10-19/h5-7,9-12H,3-4,8,13-18H2,1-2H3. The van der Waals surface area contributed by atoms with Gasteiger partial charge in [0.05, 0.1) is 12.2 Å². The van der Waals surface area contributed by atoms with Crippen LogP contribution in [0.5, 0.6) is 0 Å². The first-order valence-corrected chi connectivity index (χ1v) is 10.9. The van der Waals surface area contributed by atoms with E-state index < -0.39 is 0 Å². The summed E-state index contributed by atoms with van der Waals surface area (Å²) in [5, 5.41) is 4.39. The Kier molecular flexibility index (Phi) is 7.94. The van der Waals surface area contributed by atoms with Gasteiger partial charge in [-0.1, -0.05) is 30.3 Å². The fourth-order valence-electron chi connectivity index (χ4n) is 3.80. The van der Waals surface area contributed by atoms with Crippen LogP contribution in [0.2, 0.25) is 0 Å². The normalized spacial score (nSPS) is 14.8. The van der Waals surface area contributed by atoms with E-state index in [0.717, 1.165) is 18.5 Å². The number of hydrogen-bond donors (Lipinski definition) is 0. The van der Waals surface area contributed by atoms with E-state index in [1.165, 1.54) is 10.7 Å². The topological polar surface area (TPSA) is 78.8 Å². The van der Waals surface area contributed by atoms with Gasteiger partial charge in [-0.15, -0.1) is 0 Å². The third-order valence-electron chi connectivity index (χ3n) is 5.64. The van der Waals surface area contributed by atoms with E-state index in [1.807, 2.05) is 49.1 Å². The zero-order valence-electron chi connectivity index (χ0n) is 18.4. The van der Waals surface area contributed by atoms with Crippen molar-refractivity contribution in [1.82, 2.24) is 24.5 Å². The van der Waals surface area contributed by atoms with E-state index in [2.05, 4.69) is 10.00 Å². The molecule has 0 N–H and O–H groups in total. The zero-order valence-corrected chi connectivity index (χ0v) is 18.4. The Labute approximate surface area is 183 Å². The average molecular weight is 426 g/mol. The van der Waals surface area contributed by atoms with Crippen molar-refractivity contribution in [2.45, 2.75) is 26.8 Å². The van der Waals surface area contributed by atoms with Gasteiger partial charge in [0, 0.05) is 50.9 Å². The molecule has 166 valence electrons.